The van der Waals surface area contributed by atoms with Crippen LogP contribution in [0.2, 0.25) is 0 Å². The Balaban J connectivity index is 2.31. The van der Waals surface area contributed by atoms with Crippen LogP contribution in [0.25, 0.3) is 0 Å². The molecule has 1 aliphatic rings. The largest absolute Gasteiger partial charge is 0.369 e. The van der Waals surface area contributed by atoms with Gasteiger partial charge in [0.1, 0.15) is 0 Å². The summed E-state index contributed by atoms with van der Waals surface area (Å²) in [5, 5.41) is 10.9. The Labute approximate surface area is 112 Å². The number of rotatable bonds is 3. The molecule has 0 spiro atoms. The second-order valence-electron chi connectivity index (χ2n) is 4.74. The maximum absolute atomic E-state index is 10.9. The molecule has 0 aliphatic carbocycles. The number of nitrogens with zero attached hydrogens (tertiary/aromatic N) is 2. The van der Waals surface area contributed by atoms with Gasteiger partial charge in [0.2, 0.25) is 0 Å². The van der Waals surface area contributed by atoms with Crippen molar-refractivity contribution in [1.29, 1.82) is 0 Å². The Hall–Kier alpha value is -1.29. The summed E-state index contributed by atoms with van der Waals surface area (Å²) in [6.45, 7) is 3.21. The zero-order valence-electron chi connectivity index (χ0n) is 10.4. The van der Waals surface area contributed by atoms with Crippen LogP contribution in [0.4, 0.5) is 11.4 Å². The van der Waals surface area contributed by atoms with Gasteiger partial charge in [-0.15, -0.1) is 11.6 Å². The van der Waals surface area contributed by atoms with Gasteiger partial charge in [-0.05, 0) is 38.3 Å². The van der Waals surface area contributed by atoms with Gasteiger partial charge in [-0.3, -0.25) is 10.1 Å². The third-order valence-corrected chi connectivity index (χ3v) is 3.83. The van der Waals surface area contributed by atoms with E-state index in [9.17, 15) is 10.1 Å². The number of nitro groups is 1. The van der Waals surface area contributed by atoms with E-state index < -0.39 is 0 Å². The first-order valence-corrected chi connectivity index (χ1v) is 6.77. The van der Waals surface area contributed by atoms with Crippen LogP contribution in [0.5, 0.6) is 0 Å². The van der Waals surface area contributed by atoms with E-state index in [2.05, 4.69) is 11.8 Å². The lowest BCUT2D eigenvalue weighted by molar-refractivity contribution is -0.385. The molecular weight excluding hydrogens is 252 g/mol. The molecule has 1 aromatic carbocycles. The highest BCUT2D eigenvalue weighted by atomic mass is 35.5. The fourth-order valence-electron chi connectivity index (χ4n) is 2.52. The minimum atomic E-state index is -0.374. The third-order valence-electron chi connectivity index (χ3n) is 3.54. The molecule has 1 fully saturated rings. The van der Waals surface area contributed by atoms with E-state index in [-0.39, 0.29) is 16.5 Å². The quantitative estimate of drug-likeness (QED) is 0.477. The molecule has 0 bridgehead atoms. The van der Waals surface area contributed by atoms with E-state index in [4.69, 9.17) is 11.6 Å². The lowest BCUT2D eigenvalue weighted by Gasteiger charge is -2.35. The van der Waals surface area contributed by atoms with Gasteiger partial charge < -0.3 is 4.90 Å². The molecule has 1 saturated heterocycles. The molecule has 0 aromatic heterocycles. The Morgan fingerprint density at radius 3 is 2.89 bits per heavy atom. The predicted octanol–water partition coefficient (Wildman–Crippen LogP) is 3.71. The van der Waals surface area contributed by atoms with Crippen molar-refractivity contribution in [2.75, 3.05) is 11.4 Å². The highest BCUT2D eigenvalue weighted by Crippen LogP contribution is 2.30. The van der Waals surface area contributed by atoms with Gasteiger partial charge in [-0.25, -0.2) is 0 Å². The molecule has 98 valence electrons. The molecule has 1 aromatic rings. The summed E-state index contributed by atoms with van der Waals surface area (Å²) in [5.74, 6) is 0.173. The Morgan fingerprint density at radius 2 is 2.28 bits per heavy atom. The van der Waals surface area contributed by atoms with Crippen molar-refractivity contribution in [2.45, 2.75) is 38.1 Å². The Morgan fingerprint density at radius 1 is 1.50 bits per heavy atom. The number of piperidine rings is 1. The number of nitro benzene ring substituents is 1. The van der Waals surface area contributed by atoms with Crippen LogP contribution in [0.1, 0.15) is 31.7 Å². The molecular formula is C13H17ClN2O2. The van der Waals surface area contributed by atoms with E-state index in [1.54, 1.807) is 6.07 Å². The zero-order valence-corrected chi connectivity index (χ0v) is 11.2. The molecule has 0 saturated carbocycles. The van der Waals surface area contributed by atoms with Crippen molar-refractivity contribution in [3.8, 4) is 0 Å². The number of alkyl halides is 1. The topological polar surface area (TPSA) is 46.4 Å². The van der Waals surface area contributed by atoms with Gasteiger partial charge >= 0.3 is 0 Å². The van der Waals surface area contributed by atoms with E-state index in [0.717, 1.165) is 12.2 Å². The van der Waals surface area contributed by atoms with Gasteiger partial charge in [0.05, 0.1) is 10.8 Å². The molecule has 2 rings (SSSR count). The molecule has 0 radical (unpaired) electrons. The first-order valence-electron chi connectivity index (χ1n) is 6.23. The summed E-state index contributed by atoms with van der Waals surface area (Å²) in [7, 11) is 0. The monoisotopic (exact) mass is 268 g/mol. The van der Waals surface area contributed by atoms with Crippen LogP contribution >= 0.6 is 11.6 Å². The summed E-state index contributed by atoms with van der Waals surface area (Å²) in [4.78, 5) is 12.8. The first kappa shape index (κ1) is 13.1. The van der Waals surface area contributed by atoms with Crippen molar-refractivity contribution >= 4 is 23.0 Å². The Bertz CT molecular complexity index is 451. The van der Waals surface area contributed by atoms with Crippen molar-refractivity contribution in [2.24, 2.45) is 0 Å². The average Bonchev–Trinajstić information content (AvgIpc) is 2.38. The number of halogens is 1. The molecule has 0 N–H and O–H groups in total. The Kier molecular flexibility index (Phi) is 4.07. The van der Waals surface area contributed by atoms with Crippen molar-refractivity contribution in [3.63, 3.8) is 0 Å². The van der Waals surface area contributed by atoms with Crippen LogP contribution < -0.4 is 4.90 Å². The normalized spacial score (nSPS) is 19.9. The number of hydrogen-bond donors (Lipinski definition) is 0. The van der Waals surface area contributed by atoms with Crippen LogP contribution in [0, 0.1) is 10.1 Å². The minimum absolute atomic E-state index is 0.110. The van der Waals surface area contributed by atoms with Crippen LogP contribution in [-0.4, -0.2) is 17.5 Å². The number of hydrogen-bond acceptors (Lipinski definition) is 3. The van der Waals surface area contributed by atoms with Crippen molar-refractivity contribution in [1.82, 2.24) is 0 Å². The summed E-state index contributed by atoms with van der Waals surface area (Å²) >= 11 is 5.80. The first-order chi connectivity index (χ1) is 8.63. The van der Waals surface area contributed by atoms with E-state index in [1.807, 2.05) is 12.1 Å². The molecule has 1 heterocycles. The fourth-order valence-corrected chi connectivity index (χ4v) is 2.73. The van der Waals surface area contributed by atoms with Crippen molar-refractivity contribution in [3.05, 3.63) is 33.9 Å². The molecule has 4 nitrogen and oxygen atoms in total. The smallest absolute Gasteiger partial charge is 0.273 e. The van der Waals surface area contributed by atoms with Gasteiger partial charge in [0, 0.05) is 29.9 Å². The second-order valence-corrected chi connectivity index (χ2v) is 5.01. The fraction of sp³-hybridized carbons (Fsp3) is 0.538. The molecule has 1 atom stereocenters. The van der Waals surface area contributed by atoms with Gasteiger partial charge in [0.25, 0.3) is 5.69 Å². The van der Waals surface area contributed by atoms with Crippen LogP contribution in [0.15, 0.2) is 18.2 Å². The summed E-state index contributed by atoms with van der Waals surface area (Å²) in [6, 6.07) is 5.74. The maximum atomic E-state index is 10.9. The molecule has 5 heteroatoms. The van der Waals surface area contributed by atoms with Crippen molar-refractivity contribution < 1.29 is 4.92 Å². The van der Waals surface area contributed by atoms with Gasteiger partial charge in [-0.2, -0.15) is 0 Å². The number of benzene rings is 1. The third kappa shape index (κ3) is 2.58. The minimum Gasteiger partial charge on any atom is -0.369 e. The van der Waals surface area contributed by atoms with E-state index >= 15 is 0 Å². The second kappa shape index (κ2) is 5.57. The average molecular weight is 269 g/mol. The standard InChI is InChI=1S/C13H17ClN2O2/c1-10-4-2-3-7-15(10)12-5-6-13(16(17)18)11(8-12)9-14/h5-6,8,10H,2-4,7,9H2,1H3. The highest BCUT2D eigenvalue weighted by Gasteiger charge is 2.21. The highest BCUT2D eigenvalue weighted by molar-refractivity contribution is 6.17. The van der Waals surface area contributed by atoms with Crippen LogP contribution in [-0.2, 0) is 5.88 Å². The van der Waals surface area contributed by atoms with Gasteiger partial charge in [-0.1, -0.05) is 0 Å². The molecule has 18 heavy (non-hydrogen) atoms. The SMILES string of the molecule is CC1CCCCN1c1ccc([N+](=O)[O-])c(CCl)c1. The summed E-state index contributed by atoms with van der Waals surface area (Å²) in [6.07, 6.45) is 3.61. The van der Waals surface area contributed by atoms with E-state index in [1.165, 1.54) is 19.3 Å². The van der Waals surface area contributed by atoms with Crippen LogP contribution in [0.3, 0.4) is 0 Å². The lowest BCUT2D eigenvalue weighted by atomic mass is 10.0. The predicted molar refractivity (Wildman–Crippen MR) is 73.3 cm³/mol. The zero-order chi connectivity index (χ0) is 13.1. The van der Waals surface area contributed by atoms with E-state index in [0.29, 0.717) is 11.6 Å². The maximum Gasteiger partial charge on any atom is 0.273 e. The lowest BCUT2D eigenvalue weighted by Crippen LogP contribution is -2.37. The van der Waals surface area contributed by atoms with Gasteiger partial charge in [0.15, 0.2) is 0 Å². The molecule has 1 aliphatic heterocycles. The summed E-state index contributed by atoms with van der Waals surface area (Å²) in [5.41, 5.74) is 1.75. The molecule has 0 amide bonds. The molecule has 1 unspecified atom stereocenters. The summed E-state index contributed by atoms with van der Waals surface area (Å²) < 4.78 is 0. The number of anilines is 1.